The molecule has 2 heterocycles. The lowest BCUT2D eigenvalue weighted by Crippen LogP contribution is -2.47. The summed E-state index contributed by atoms with van der Waals surface area (Å²) in [6, 6.07) is 3.99. The molecule has 5 nitrogen and oxygen atoms in total. The van der Waals surface area contributed by atoms with Crippen molar-refractivity contribution in [3.63, 3.8) is 0 Å². The van der Waals surface area contributed by atoms with E-state index in [0.29, 0.717) is 36.2 Å². The molecule has 1 fully saturated rings. The molecular formula is C18H27ClN2O3. The van der Waals surface area contributed by atoms with Gasteiger partial charge in [0.05, 0.1) is 30.4 Å². The Hall–Kier alpha value is -1.01. The molecule has 0 aliphatic carbocycles. The highest BCUT2D eigenvalue weighted by molar-refractivity contribution is 6.32. The van der Waals surface area contributed by atoms with Crippen LogP contribution in [-0.4, -0.2) is 56.5 Å². The van der Waals surface area contributed by atoms with E-state index in [1.807, 2.05) is 12.1 Å². The summed E-state index contributed by atoms with van der Waals surface area (Å²) in [7, 11) is 0. The Morgan fingerprint density at radius 1 is 1.17 bits per heavy atom. The van der Waals surface area contributed by atoms with Gasteiger partial charge in [0, 0.05) is 39.1 Å². The second kappa shape index (κ2) is 8.39. The van der Waals surface area contributed by atoms with Crippen LogP contribution in [-0.2, 0) is 11.3 Å². The Labute approximate surface area is 149 Å². The predicted molar refractivity (Wildman–Crippen MR) is 95.2 cm³/mol. The maximum atomic E-state index is 6.33. The molecule has 0 aromatic heterocycles. The summed E-state index contributed by atoms with van der Waals surface area (Å²) in [5.41, 5.74) is 1.12. The second-order valence-electron chi connectivity index (χ2n) is 6.65. The molecule has 1 aromatic carbocycles. The van der Waals surface area contributed by atoms with Crippen LogP contribution in [0.15, 0.2) is 12.1 Å². The molecule has 3 rings (SSSR count). The van der Waals surface area contributed by atoms with Gasteiger partial charge in [-0.05, 0) is 31.5 Å². The van der Waals surface area contributed by atoms with Gasteiger partial charge in [-0.2, -0.15) is 0 Å². The van der Waals surface area contributed by atoms with E-state index in [0.717, 1.165) is 50.5 Å². The molecule has 0 saturated carbocycles. The van der Waals surface area contributed by atoms with E-state index in [9.17, 15) is 0 Å². The zero-order chi connectivity index (χ0) is 16.9. The lowest BCUT2D eigenvalue weighted by Gasteiger charge is -2.35. The highest BCUT2D eigenvalue weighted by atomic mass is 35.5. The zero-order valence-electron chi connectivity index (χ0n) is 14.5. The third-order valence-electron chi connectivity index (χ3n) is 4.29. The van der Waals surface area contributed by atoms with Crippen molar-refractivity contribution >= 4 is 11.6 Å². The van der Waals surface area contributed by atoms with Gasteiger partial charge in [-0.15, -0.1) is 0 Å². The summed E-state index contributed by atoms with van der Waals surface area (Å²) in [5.74, 6) is 1.43. The van der Waals surface area contributed by atoms with Gasteiger partial charge in [-0.3, -0.25) is 4.90 Å². The van der Waals surface area contributed by atoms with Crippen molar-refractivity contribution in [1.29, 1.82) is 0 Å². The Morgan fingerprint density at radius 2 is 1.92 bits per heavy atom. The van der Waals surface area contributed by atoms with Crippen molar-refractivity contribution in [3.05, 3.63) is 22.7 Å². The second-order valence-corrected chi connectivity index (χ2v) is 7.06. The maximum absolute atomic E-state index is 6.33. The van der Waals surface area contributed by atoms with E-state index >= 15 is 0 Å². The van der Waals surface area contributed by atoms with Gasteiger partial charge in [0.25, 0.3) is 0 Å². The van der Waals surface area contributed by atoms with Gasteiger partial charge >= 0.3 is 0 Å². The third-order valence-corrected chi connectivity index (χ3v) is 4.57. The number of nitrogens with zero attached hydrogens (tertiary/aromatic N) is 1. The molecule has 0 radical (unpaired) electrons. The normalized spacial score (nSPS) is 24.6. The topological polar surface area (TPSA) is 43.0 Å². The minimum absolute atomic E-state index is 0.314. The first-order valence-corrected chi connectivity index (χ1v) is 9.16. The molecule has 1 aromatic rings. The Kier molecular flexibility index (Phi) is 6.22. The fraction of sp³-hybridized carbons (Fsp3) is 0.667. The van der Waals surface area contributed by atoms with E-state index in [1.54, 1.807) is 0 Å². The summed E-state index contributed by atoms with van der Waals surface area (Å²) in [4.78, 5) is 2.45. The highest BCUT2D eigenvalue weighted by Crippen LogP contribution is 2.37. The van der Waals surface area contributed by atoms with Crippen LogP contribution in [0.2, 0.25) is 5.02 Å². The summed E-state index contributed by atoms with van der Waals surface area (Å²) in [6.07, 6.45) is 1.51. The predicted octanol–water partition coefficient (Wildman–Crippen LogP) is 2.70. The molecule has 6 heteroatoms. The van der Waals surface area contributed by atoms with Crippen LogP contribution in [0, 0.1) is 0 Å². The smallest absolute Gasteiger partial charge is 0.179 e. The number of benzene rings is 1. The molecule has 0 amide bonds. The largest absolute Gasteiger partial charge is 0.489 e. The lowest BCUT2D eigenvalue weighted by atomic mass is 10.2. The van der Waals surface area contributed by atoms with Gasteiger partial charge in [-0.1, -0.05) is 11.6 Å². The molecule has 2 aliphatic rings. The molecule has 0 bridgehead atoms. The van der Waals surface area contributed by atoms with E-state index in [-0.39, 0.29) is 0 Å². The molecule has 2 atom stereocenters. The van der Waals surface area contributed by atoms with E-state index in [1.165, 1.54) is 0 Å². The fourth-order valence-corrected chi connectivity index (χ4v) is 3.61. The molecule has 0 unspecified atom stereocenters. The molecular weight excluding hydrogens is 328 g/mol. The standard InChI is InChI=1S/C18H27ClN2O3/c1-13-11-21(12-14(2)24-13)5-4-20-10-15-8-16(19)18-17(9-15)22-6-3-7-23-18/h8-9,13-14,20H,3-7,10-12H2,1-2H3/t13-,14-/m1/s1. The average Bonchev–Trinajstić information content (AvgIpc) is 2.76. The van der Waals surface area contributed by atoms with E-state index in [4.69, 9.17) is 25.8 Å². The summed E-state index contributed by atoms with van der Waals surface area (Å²) in [5, 5.41) is 4.12. The van der Waals surface area contributed by atoms with Crippen LogP contribution in [0.3, 0.4) is 0 Å². The van der Waals surface area contributed by atoms with Crippen molar-refractivity contribution in [2.75, 3.05) is 39.4 Å². The van der Waals surface area contributed by atoms with Gasteiger partial charge in [0.1, 0.15) is 0 Å². The van der Waals surface area contributed by atoms with Crippen molar-refractivity contribution in [1.82, 2.24) is 10.2 Å². The first-order chi connectivity index (χ1) is 11.6. The van der Waals surface area contributed by atoms with Crippen molar-refractivity contribution in [2.24, 2.45) is 0 Å². The average molecular weight is 355 g/mol. The van der Waals surface area contributed by atoms with Crippen LogP contribution in [0.25, 0.3) is 0 Å². The van der Waals surface area contributed by atoms with Gasteiger partial charge < -0.3 is 19.5 Å². The molecule has 134 valence electrons. The first kappa shape index (κ1) is 17.8. The number of nitrogens with one attached hydrogen (secondary N) is 1. The van der Waals surface area contributed by atoms with Gasteiger partial charge in [-0.25, -0.2) is 0 Å². The van der Waals surface area contributed by atoms with Crippen molar-refractivity contribution in [3.8, 4) is 11.5 Å². The number of halogens is 1. The minimum Gasteiger partial charge on any atom is -0.489 e. The Bertz CT molecular complexity index is 545. The number of rotatable bonds is 5. The van der Waals surface area contributed by atoms with E-state index in [2.05, 4.69) is 24.1 Å². The lowest BCUT2D eigenvalue weighted by molar-refractivity contribution is -0.0674. The molecule has 24 heavy (non-hydrogen) atoms. The Balaban J connectivity index is 1.48. The summed E-state index contributed by atoms with van der Waals surface area (Å²) < 4.78 is 17.2. The summed E-state index contributed by atoms with van der Waals surface area (Å²) >= 11 is 6.33. The van der Waals surface area contributed by atoms with Crippen molar-refractivity contribution in [2.45, 2.75) is 39.0 Å². The summed E-state index contributed by atoms with van der Waals surface area (Å²) in [6.45, 7) is 10.3. The van der Waals surface area contributed by atoms with Crippen LogP contribution in [0.5, 0.6) is 11.5 Å². The third kappa shape index (κ3) is 4.76. The van der Waals surface area contributed by atoms with Crippen LogP contribution in [0.4, 0.5) is 0 Å². The highest BCUT2D eigenvalue weighted by Gasteiger charge is 2.21. The quantitative estimate of drug-likeness (QED) is 0.823. The number of hydrogen-bond acceptors (Lipinski definition) is 5. The van der Waals surface area contributed by atoms with Crippen LogP contribution < -0.4 is 14.8 Å². The number of ether oxygens (including phenoxy) is 3. The SMILES string of the molecule is C[C@@H]1CN(CCNCc2cc(Cl)c3c(c2)OCCCO3)C[C@@H](C)O1. The maximum Gasteiger partial charge on any atom is 0.179 e. The Morgan fingerprint density at radius 3 is 2.71 bits per heavy atom. The number of morpholine rings is 1. The van der Waals surface area contributed by atoms with Gasteiger partial charge in [0.15, 0.2) is 11.5 Å². The minimum atomic E-state index is 0.314. The van der Waals surface area contributed by atoms with Crippen LogP contribution >= 0.6 is 11.6 Å². The molecule has 0 spiro atoms. The number of fused-ring (bicyclic) bond motifs is 1. The molecule has 2 aliphatic heterocycles. The monoisotopic (exact) mass is 354 g/mol. The zero-order valence-corrected chi connectivity index (χ0v) is 15.3. The molecule has 1 N–H and O–H groups in total. The van der Waals surface area contributed by atoms with Crippen LogP contribution in [0.1, 0.15) is 25.8 Å². The van der Waals surface area contributed by atoms with Gasteiger partial charge in [0.2, 0.25) is 0 Å². The first-order valence-electron chi connectivity index (χ1n) is 8.78. The van der Waals surface area contributed by atoms with E-state index < -0.39 is 0 Å². The number of hydrogen-bond donors (Lipinski definition) is 1. The fourth-order valence-electron chi connectivity index (χ4n) is 3.32. The van der Waals surface area contributed by atoms with Crippen molar-refractivity contribution < 1.29 is 14.2 Å². The molecule has 1 saturated heterocycles.